The van der Waals surface area contributed by atoms with Crippen molar-refractivity contribution in [3.63, 3.8) is 0 Å². The van der Waals surface area contributed by atoms with Crippen LogP contribution >= 0.6 is 0 Å². The quantitative estimate of drug-likeness (QED) is 0.787. The Morgan fingerprint density at radius 2 is 2.12 bits per heavy atom. The number of hydrogen-bond donors (Lipinski definition) is 1. The largest absolute Gasteiger partial charge is 0.356 e. The van der Waals surface area contributed by atoms with Gasteiger partial charge in [-0.15, -0.1) is 0 Å². The molecule has 94 valence electrons. The molecule has 1 saturated heterocycles. The lowest BCUT2D eigenvalue weighted by atomic mass is 10.1. The molecule has 0 saturated carbocycles. The number of carbonyl (C=O) groups is 1. The van der Waals surface area contributed by atoms with Crippen LogP contribution in [-0.2, 0) is 14.6 Å². The smallest absolute Gasteiger partial charge is 0.220 e. The molecule has 0 aromatic rings. The van der Waals surface area contributed by atoms with Gasteiger partial charge in [-0.3, -0.25) is 4.79 Å². The average Bonchev–Trinajstić information content (AvgIpc) is 2.44. The lowest BCUT2D eigenvalue weighted by Gasteiger charge is -2.09. The maximum absolute atomic E-state index is 11.3. The van der Waals surface area contributed by atoms with E-state index in [9.17, 15) is 13.2 Å². The second kappa shape index (κ2) is 5.66. The van der Waals surface area contributed by atoms with Crippen LogP contribution in [0.15, 0.2) is 0 Å². The second-order valence-electron chi connectivity index (χ2n) is 5.01. The fourth-order valence-electron chi connectivity index (χ4n) is 1.96. The number of nitrogens with one attached hydrogen (secondary N) is 1. The van der Waals surface area contributed by atoms with Crippen LogP contribution in [0.1, 0.15) is 33.1 Å². The van der Waals surface area contributed by atoms with Crippen molar-refractivity contribution in [2.24, 2.45) is 11.8 Å². The monoisotopic (exact) mass is 247 g/mol. The van der Waals surface area contributed by atoms with Crippen molar-refractivity contribution >= 4 is 15.7 Å². The van der Waals surface area contributed by atoms with Crippen molar-refractivity contribution in [1.29, 1.82) is 0 Å². The second-order valence-corrected chi connectivity index (χ2v) is 7.23. The molecule has 1 heterocycles. The van der Waals surface area contributed by atoms with Crippen LogP contribution in [0, 0.1) is 11.8 Å². The van der Waals surface area contributed by atoms with Crippen molar-refractivity contribution < 1.29 is 13.2 Å². The van der Waals surface area contributed by atoms with Gasteiger partial charge < -0.3 is 5.32 Å². The first-order valence-corrected chi connectivity index (χ1v) is 7.68. The molecule has 0 radical (unpaired) electrons. The molecule has 0 aromatic heterocycles. The van der Waals surface area contributed by atoms with Crippen LogP contribution in [-0.4, -0.2) is 32.4 Å². The maximum atomic E-state index is 11.3. The molecular weight excluding hydrogens is 226 g/mol. The van der Waals surface area contributed by atoms with Gasteiger partial charge in [0, 0.05) is 13.0 Å². The third-order valence-electron chi connectivity index (χ3n) is 2.80. The molecule has 0 spiro atoms. The summed E-state index contributed by atoms with van der Waals surface area (Å²) in [7, 11) is -2.78. The highest BCUT2D eigenvalue weighted by Crippen LogP contribution is 2.20. The fraction of sp³-hybridized carbons (Fsp3) is 0.909. The molecule has 0 aromatic carbocycles. The predicted molar refractivity (Wildman–Crippen MR) is 63.8 cm³/mol. The van der Waals surface area contributed by atoms with Crippen molar-refractivity contribution in [3.8, 4) is 0 Å². The first-order chi connectivity index (χ1) is 7.39. The van der Waals surface area contributed by atoms with E-state index < -0.39 is 9.84 Å². The number of carbonyl (C=O) groups excluding carboxylic acids is 1. The molecule has 1 unspecified atom stereocenters. The van der Waals surface area contributed by atoms with Crippen LogP contribution < -0.4 is 5.32 Å². The van der Waals surface area contributed by atoms with Gasteiger partial charge in [0.1, 0.15) is 0 Å². The molecule has 0 bridgehead atoms. The summed E-state index contributed by atoms with van der Waals surface area (Å²) in [4.78, 5) is 11.3. The minimum absolute atomic E-state index is 0.0656. The molecule has 0 aliphatic carbocycles. The molecule has 1 rings (SSSR count). The molecular formula is C11H21NO3S. The van der Waals surface area contributed by atoms with Gasteiger partial charge in [0.05, 0.1) is 11.5 Å². The number of rotatable bonds is 5. The topological polar surface area (TPSA) is 63.2 Å². The summed E-state index contributed by atoms with van der Waals surface area (Å²) in [6.07, 6.45) is 2.08. The van der Waals surface area contributed by atoms with Crippen LogP contribution in [0.5, 0.6) is 0 Å². The Hall–Kier alpha value is -0.580. The molecule has 5 heteroatoms. The predicted octanol–water partition coefficient (Wildman–Crippen LogP) is 0.974. The zero-order valence-electron chi connectivity index (χ0n) is 10.0. The van der Waals surface area contributed by atoms with E-state index in [1.54, 1.807) is 0 Å². The Kier molecular flexibility index (Phi) is 4.77. The Labute approximate surface area is 97.7 Å². The molecule has 1 fully saturated rings. The van der Waals surface area contributed by atoms with Crippen molar-refractivity contribution in [1.82, 2.24) is 5.32 Å². The Morgan fingerprint density at radius 3 is 2.62 bits per heavy atom. The number of amides is 1. The number of sulfone groups is 1. The first-order valence-electron chi connectivity index (χ1n) is 5.86. The van der Waals surface area contributed by atoms with Crippen LogP contribution in [0.2, 0.25) is 0 Å². The van der Waals surface area contributed by atoms with Gasteiger partial charge in [-0.05, 0) is 24.7 Å². The molecule has 1 aliphatic rings. The van der Waals surface area contributed by atoms with Gasteiger partial charge in [-0.2, -0.15) is 0 Å². The van der Waals surface area contributed by atoms with Gasteiger partial charge in [-0.1, -0.05) is 13.8 Å². The summed E-state index contributed by atoms with van der Waals surface area (Å²) in [6, 6.07) is 0. The lowest BCUT2D eigenvalue weighted by molar-refractivity contribution is -0.121. The average molecular weight is 247 g/mol. The van der Waals surface area contributed by atoms with Crippen LogP contribution in [0.3, 0.4) is 0 Å². The third kappa shape index (κ3) is 4.96. The molecule has 1 atom stereocenters. The van der Waals surface area contributed by atoms with Crippen molar-refractivity contribution in [2.45, 2.75) is 33.1 Å². The van der Waals surface area contributed by atoms with Gasteiger partial charge >= 0.3 is 0 Å². The van der Waals surface area contributed by atoms with Gasteiger partial charge in [0.15, 0.2) is 9.84 Å². The highest BCUT2D eigenvalue weighted by atomic mass is 32.2. The summed E-state index contributed by atoms with van der Waals surface area (Å²) in [5.74, 6) is 1.29. The van der Waals surface area contributed by atoms with Crippen molar-refractivity contribution in [2.75, 3.05) is 18.1 Å². The van der Waals surface area contributed by atoms with E-state index in [0.717, 1.165) is 12.8 Å². The van der Waals surface area contributed by atoms with E-state index in [1.807, 2.05) is 13.8 Å². The molecule has 16 heavy (non-hydrogen) atoms. The minimum Gasteiger partial charge on any atom is -0.356 e. The van der Waals surface area contributed by atoms with Crippen molar-refractivity contribution in [3.05, 3.63) is 0 Å². The SMILES string of the molecule is CC(C)CC(=O)NCCC1CCS(=O)(=O)C1. The van der Waals surface area contributed by atoms with Gasteiger partial charge in [0.25, 0.3) is 0 Å². The highest BCUT2D eigenvalue weighted by Gasteiger charge is 2.27. The van der Waals surface area contributed by atoms with E-state index in [0.29, 0.717) is 30.4 Å². The van der Waals surface area contributed by atoms with E-state index in [2.05, 4.69) is 5.32 Å². The summed E-state index contributed by atoms with van der Waals surface area (Å²) >= 11 is 0. The fourth-order valence-corrected chi connectivity index (χ4v) is 3.87. The Bertz CT molecular complexity index is 335. The Morgan fingerprint density at radius 1 is 1.44 bits per heavy atom. The number of hydrogen-bond acceptors (Lipinski definition) is 3. The maximum Gasteiger partial charge on any atom is 0.220 e. The van der Waals surface area contributed by atoms with Gasteiger partial charge in [0.2, 0.25) is 5.91 Å². The van der Waals surface area contributed by atoms with Gasteiger partial charge in [-0.25, -0.2) is 8.42 Å². The molecule has 1 amide bonds. The summed E-state index contributed by atoms with van der Waals surface area (Å²) in [5.41, 5.74) is 0. The van der Waals surface area contributed by atoms with E-state index in [1.165, 1.54) is 0 Å². The van der Waals surface area contributed by atoms with Crippen LogP contribution in [0.4, 0.5) is 0 Å². The summed E-state index contributed by atoms with van der Waals surface area (Å²) in [5, 5.41) is 2.83. The Balaban J connectivity index is 2.15. The normalized spacial score (nSPS) is 23.6. The highest BCUT2D eigenvalue weighted by molar-refractivity contribution is 7.91. The van der Waals surface area contributed by atoms with E-state index in [4.69, 9.17) is 0 Å². The first kappa shape index (κ1) is 13.5. The summed E-state index contributed by atoms with van der Waals surface area (Å²) < 4.78 is 22.4. The van der Waals surface area contributed by atoms with E-state index in [-0.39, 0.29) is 11.8 Å². The van der Waals surface area contributed by atoms with Crippen LogP contribution in [0.25, 0.3) is 0 Å². The van der Waals surface area contributed by atoms with E-state index >= 15 is 0 Å². The lowest BCUT2D eigenvalue weighted by Crippen LogP contribution is -2.27. The zero-order valence-corrected chi connectivity index (χ0v) is 10.8. The third-order valence-corrected chi connectivity index (χ3v) is 4.63. The zero-order chi connectivity index (χ0) is 12.2. The molecule has 4 nitrogen and oxygen atoms in total. The minimum atomic E-state index is -2.78. The molecule has 1 aliphatic heterocycles. The molecule has 1 N–H and O–H groups in total. The standard InChI is InChI=1S/C11H21NO3S/c1-9(2)7-11(13)12-5-3-10-4-6-16(14,15)8-10/h9-10H,3-8H2,1-2H3,(H,12,13). The summed E-state index contributed by atoms with van der Waals surface area (Å²) in [6.45, 7) is 4.61.